The van der Waals surface area contributed by atoms with Crippen LogP contribution in [-0.2, 0) is 4.79 Å². The van der Waals surface area contributed by atoms with Gasteiger partial charge in [0.15, 0.2) is 0 Å². The van der Waals surface area contributed by atoms with E-state index >= 15 is 0 Å². The standard InChI is InChI=1S/C24H34N2O2/c1-2-28-22-6-4-3-5-21(22)25-7-9-26(10-8-25)23(27)17-24-14-18-11-19(15-24)13-20(12-18)16-24/h3-6,18-20H,2,7-17H2,1H3. The van der Waals surface area contributed by atoms with Crippen LogP contribution in [0.3, 0.4) is 0 Å². The SMILES string of the molecule is CCOc1ccccc1N1CCN(C(=O)CC23CC4CC(CC(C4)C2)C3)CC1. The fraction of sp³-hybridized carbons (Fsp3) is 0.708. The van der Waals surface area contributed by atoms with Crippen molar-refractivity contribution in [3.8, 4) is 5.75 Å². The van der Waals surface area contributed by atoms with Crippen molar-refractivity contribution in [3.63, 3.8) is 0 Å². The number of ether oxygens (including phenoxy) is 1. The Kier molecular flexibility index (Phi) is 4.76. The highest BCUT2D eigenvalue weighted by atomic mass is 16.5. The second-order valence-corrected chi connectivity index (χ2v) is 9.86. The number of hydrogen-bond acceptors (Lipinski definition) is 3. The number of hydrogen-bond donors (Lipinski definition) is 0. The first-order valence-corrected chi connectivity index (χ1v) is 11.4. The van der Waals surface area contributed by atoms with Gasteiger partial charge in [-0.15, -0.1) is 0 Å². The molecule has 152 valence electrons. The van der Waals surface area contributed by atoms with Crippen LogP contribution in [0.1, 0.15) is 51.9 Å². The lowest BCUT2D eigenvalue weighted by Gasteiger charge is -2.57. The molecule has 4 bridgehead atoms. The quantitative estimate of drug-likeness (QED) is 0.759. The summed E-state index contributed by atoms with van der Waals surface area (Å²) in [5.74, 6) is 4.14. The molecule has 1 aromatic carbocycles. The van der Waals surface area contributed by atoms with E-state index in [1.54, 1.807) is 0 Å². The van der Waals surface area contributed by atoms with E-state index in [0.717, 1.165) is 61.8 Å². The van der Waals surface area contributed by atoms with Crippen molar-refractivity contribution in [2.24, 2.45) is 23.2 Å². The number of nitrogens with zero attached hydrogens (tertiary/aromatic N) is 2. The Labute approximate surface area is 169 Å². The molecule has 4 nitrogen and oxygen atoms in total. The summed E-state index contributed by atoms with van der Waals surface area (Å²) in [6.45, 7) is 6.18. The molecular weight excluding hydrogens is 348 g/mol. The monoisotopic (exact) mass is 382 g/mol. The highest BCUT2D eigenvalue weighted by Gasteiger charge is 2.51. The van der Waals surface area contributed by atoms with Gasteiger partial charge in [-0.1, -0.05) is 12.1 Å². The maximum Gasteiger partial charge on any atom is 0.223 e. The molecule has 6 rings (SSSR count). The van der Waals surface area contributed by atoms with Crippen LogP contribution in [0, 0.1) is 23.2 Å². The molecule has 0 atom stereocenters. The van der Waals surface area contributed by atoms with Crippen molar-refractivity contribution in [1.29, 1.82) is 0 Å². The minimum Gasteiger partial charge on any atom is -0.492 e. The van der Waals surface area contributed by atoms with Crippen LogP contribution in [0.25, 0.3) is 0 Å². The highest BCUT2D eigenvalue weighted by Crippen LogP contribution is 2.61. The van der Waals surface area contributed by atoms with Gasteiger partial charge < -0.3 is 14.5 Å². The summed E-state index contributed by atoms with van der Waals surface area (Å²) in [6, 6.07) is 8.28. The van der Waals surface area contributed by atoms with E-state index in [1.165, 1.54) is 38.5 Å². The van der Waals surface area contributed by atoms with Gasteiger partial charge >= 0.3 is 0 Å². The van der Waals surface area contributed by atoms with Gasteiger partial charge in [0.2, 0.25) is 5.91 Å². The third-order valence-electron chi connectivity index (χ3n) is 7.83. The fourth-order valence-corrected chi connectivity index (χ4v) is 7.13. The van der Waals surface area contributed by atoms with E-state index in [-0.39, 0.29) is 0 Å². The zero-order chi connectivity index (χ0) is 19.1. The molecule has 5 aliphatic rings. The second kappa shape index (κ2) is 7.27. The Bertz CT molecular complexity index is 688. The number of anilines is 1. The van der Waals surface area contributed by atoms with Crippen LogP contribution in [0.2, 0.25) is 0 Å². The zero-order valence-electron chi connectivity index (χ0n) is 17.2. The minimum atomic E-state index is 0.352. The molecule has 1 aromatic rings. The van der Waals surface area contributed by atoms with E-state index < -0.39 is 0 Å². The number of piperazine rings is 1. The van der Waals surface area contributed by atoms with Gasteiger partial charge in [-0.05, 0) is 80.8 Å². The summed E-state index contributed by atoms with van der Waals surface area (Å²) in [4.78, 5) is 17.7. The largest absolute Gasteiger partial charge is 0.492 e. The fourth-order valence-electron chi connectivity index (χ4n) is 7.13. The maximum absolute atomic E-state index is 13.2. The lowest BCUT2D eigenvalue weighted by Crippen LogP contribution is -2.52. The Morgan fingerprint density at radius 2 is 1.61 bits per heavy atom. The summed E-state index contributed by atoms with van der Waals surface area (Å²) in [5, 5.41) is 0. The minimum absolute atomic E-state index is 0.352. The molecule has 5 fully saturated rings. The molecule has 4 aliphatic carbocycles. The van der Waals surface area contributed by atoms with Crippen molar-refractivity contribution in [3.05, 3.63) is 24.3 Å². The first kappa shape index (κ1) is 18.3. The van der Waals surface area contributed by atoms with Gasteiger partial charge in [0.05, 0.1) is 12.3 Å². The molecule has 4 saturated carbocycles. The van der Waals surface area contributed by atoms with E-state index in [1.807, 2.05) is 19.1 Å². The Morgan fingerprint density at radius 1 is 1.00 bits per heavy atom. The average Bonchev–Trinajstić information content (AvgIpc) is 2.67. The lowest BCUT2D eigenvalue weighted by molar-refractivity contribution is -0.139. The van der Waals surface area contributed by atoms with Crippen LogP contribution in [0.4, 0.5) is 5.69 Å². The van der Waals surface area contributed by atoms with Crippen molar-refractivity contribution >= 4 is 11.6 Å². The number of carbonyl (C=O) groups excluding carboxylic acids is 1. The van der Waals surface area contributed by atoms with Crippen LogP contribution in [0.15, 0.2) is 24.3 Å². The summed E-state index contributed by atoms with van der Waals surface area (Å²) >= 11 is 0. The first-order chi connectivity index (χ1) is 13.6. The van der Waals surface area contributed by atoms with Crippen molar-refractivity contribution in [2.45, 2.75) is 51.9 Å². The number of para-hydroxylation sites is 2. The van der Waals surface area contributed by atoms with Gasteiger partial charge in [0.25, 0.3) is 0 Å². The molecule has 1 heterocycles. The van der Waals surface area contributed by atoms with E-state index in [9.17, 15) is 4.79 Å². The summed E-state index contributed by atoms with van der Waals surface area (Å²) < 4.78 is 5.80. The molecular formula is C24H34N2O2. The molecule has 4 heteroatoms. The van der Waals surface area contributed by atoms with Crippen LogP contribution >= 0.6 is 0 Å². The van der Waals surface area contributed by atoms with Crippen molar-refractivity contribution in [1.82, 2.24) is 4.90 Å². The normalized spacial score (nSPS) is 34.0. The average molecular weight is 383 g/mol. The van der Waals surface area contributed by atoms with E-state index in [2.05, 4.69) is 21.9 Å². The predicted molar refractivity (Wildman–Crippen MR) is 112 cm³/mol. The first-order valence-electron chi connectivity index (χ1n) is 11.4. The van der Waals surface area contributed by atoms with Gasteiger partial charge in [0.1, 0.15) is 5.75 Å². The molecule has 0 unspecified atom stereocenters. The van der Waals surface area contributed by atoms with Crippen LogP contribution in [-0.4, -0.2) is 43.6 Å². The molecule has 1 aliphatic heterocycles. The molecule has 28 heavy (non-hydrogen) atoms. The smallest absolute Gasteiger partial charge is 0.223 e. The molecule has 0 spiro atoms. The second-order valence-electron chi connectivity index (χ2n) is 9.86. The number of amides is 1. The zero-order valence-corrected chi connectivity index (χ0v) is 17.2. The van der Waals surface area contributed by atoms with E-state index in [4.69, 9.17) is 4.74 Å². The summed E-state index contributed by atoms with van der Waals surface area (Å²) in [6.07, 6.45) is 9.14. The van der Waals surface area contributed by atoms with Gasteiger partial charge in [0, 0.05) is 32.6 Å². The predicted octanol–water partition coefficient (Wildman–Crippen LogP) is 4.34. The number of carbonyl (C=O) groups is 1. The van der Waals surface area contributed by atoms with Crippen LogP contribution in [0.5, 0.6) is 5.75 Å². The maximum atomic E-state index is 13.2. The Morgan fingerprint density at radius 3 is 2.21 bits per heavy atom. The molecule has 1 saturated heterocycles. The van der Waals surface area contributed by atoms with Crippen molar-refractivity contribution in [2.75, 3.05) is 37.7 Å². The van der Waals surface area contributed by atoms with Gasteiger partial charge in [-0.3, -0.25) is 4.79 Å². The third-order valence-corrected chi connectivity index (χ3v) is 7.83. The van der Waals surface area contributed by atoms with Gasteiger partial charge in [-0.2, -0.15) is 0 Å². The van der Waals surface area contributed by atoms with Crippen molar-refractivity contribution < 1.29 is 9.53 Å². The molecule has 0 aromatic heterocycles. The van der Waals surface area contributed by atoms with Crippen LogP contribution < -0.4 is 9.64 Å². The topological polar surface area (TPSA) is 32.8 Å². The molecule has 1 amide bonds. The Hall–Kier alpha value is -1.71. The molecule has 0 radical (unpaired) electrons. The number of benzene rings is 1. The summed E-state index contributed by atoms with van der Waals surface area (Å²) in [7, 11) is 0. The highest BCUT2D eigenvalue weighted by molar-refractivity contribution is 5.77. The summed E-state index contributed by atoms with van der Waals surface area (Å²) in [5.41, 5.74) is 1.52. The Balaban J connectivity index is 1.20. The molecule has 0 N–H and O–H groups in total. The van der Waals surface area contributed by atoms with E-state index in [0.29, 0.717) is 17.9 Å². The third kappa shape index (κ3) is 3.40. The number of rotatable bonds is 5. The lowest BCUT2D eigenvalue weighted by atomic mass is 9.49. The van der Waals surface area contributed by atoms with Gasteiger partial charge in [-0.25, -0.2) is 0 Å².